The number of sulfonamides is 1. The molecule has 4 rings (SSSR count). The van der Waals surface area contributed by atoms with Gasteiger partial charge in [-0.05, 0) is 73.2 Å². The van der Waals surface area contributed by atoms with E-state index in [1.807, 2.05) is 61.5 Å². The van der Waals surface area contributed by atoms with Gasteiger partial charge >= 0.3 is 0 Å². The van der Waals surface area contributed by atoms with Crippen LogP contribution in [-0.2, 0) is 23.1 Å². The van der Waals surface area contributed by atoms with Crippen LogP contribution >= 0.6 is 11.6 Å². The predicted molar refractivity (Wildman–Crippen MR) is 138 cm³/mol. The summed E-state index contributed by atoms with van der Waals surface area (Å²) in [5.74, 6) is 1.82. The average Bonchev–Trinajstić information content (AvgIpc) is 3.32. The molecule has 3 aromatic carbocycles. The van der Waals surface area contributed by atoms with Crippen molar-refractivity contribution in [3.05, 3.63) is 113 Å². The summed E-state index contributed by atoms with van der Waals surface area (Å²) in [6.07, 6.45) is 1.61. The largest absolute Gasteiger partial charge is 0.494 e. The lowest BCUT2D eigenvalue weighted by Gasteiger charge is -2.21. The molecular weight excluding hydrogens is 484 g/mol. The lowest BCUT2D eigenvalue weighted by molar-refractivity contribution is 0.340. The Labute approximate surface area is 210 Å². The number of rotatable bonds is 10. The van der Waals surface area contributed by atoms with E-state index in [9.17, 15) is 8.42 Å². The van der Waals surface area contributed by atoms with Crippen molar-refractivity contribution in [1.29, 1.82) is 0 Å². The Kier molecular flexibility index (Phi) is 8.02. The molecule has 180 valence electrons. The number of furan rings is 1. The smallest absolute Gasteiger partial charge is 0.243 e. The van der Waals surface area contributed by atoms with E-state index >= 15 is 0 Å². The SMILES string of the molecule is CCOc1ccc(N=Cc2ccc(CN(Cc3ccccc3)S(=O)(=O)c3ccc(Cl)cc3)o2)cc1. The summed E-state index contributed by atoms with van der Waals surface area (Å²) in [6, 6.07) is 26.5. The first-order chi connectivity index (χ1) is 16.9. The van der Waals surface area contributed by atoms with E-state index in [1.165, 1.54) is 16.4 Å². The first-order valence-corrected chi connectivity index (χ1v) is 12.9. The lowest BCUT2D eigenvalue weighted by Crippen LogP contribution is -2.30. The number of nitrogens with zero attached hydrogens (tertiary/aromatic N) is 2. The minimum atomic E-state index is -3.80. The van der Waals surface area contributed by atoms with Gasteiger partial charge in [-0.3, -0.25) is 4.99 Å². The normalized spacial score (nSPS) is 11.9. The topological polar surface area (TPSA) is 72.1 Å². The van der Waals surface area contributed by atoms with Crippen LogP contribution in [0.3, 0.4) is 0 Å². The molecule has 0 N–H and O–H groups in total. The molecule has 0 aliphatic carbocycles. The minimum absolute atomic E-state index is 0.0662. The van der Waals surface area contributed by atoms with Crippen molar-refractivity contribution in [2.24, 2.45) is 4.99 Å². The Bertz CT molecular complexity index is 1370. The summed E-state index contributed by atoms with van der Waals surface area (Å²) in [5.41, 5.74) is 1.62. The molecule has 0 radical (unpaired) electrons. The summed E-state index contributed by atoms with van der Waals surface area (Å²) in [5, 5.41) is 0.473. The van der Waals surface area contributed by atoms with Crippen LogP contribution in [0.5, 0.6) is 5.75 Å². The Morgan fingerprint density at radius 3 is 2.31 bits per heavy atom. The third-order valence-corrected chi connectivity index (χ3v) is 7.21. The monoisotopic (exact) mass is 508 g/mol. The van der Waals surface area contributed by atoms with Crippen LogP contribution < -0.4 is 4.74 Å². The van der Waals surface area contributed by atoms with E-state index in [-0.39, 0.29) is 18.0 Å². The maximum absolute atomic E-state index is 13.4. The van der Waals surface area contributed by atoms with E-state index in [0.29, 0.717) is 23.2 Å². The van der Waals surface area contributed by atoms with Crippen molar-refractivity contribution in [3.8, 4) is 5.75 Å². The first-order valence-electron chi connectivity index (χ1n) is 11.1. The molecule has 0 saturated heterocycles. The van der Waals surface area contributed by atoms with Gasteiger partial charge in [0.1, 0.15) is 17.3 Å². The van der Waals surface area contributed by atoms with Crippen LogP contribution in [0.15, 0.2) is 105 Å². The fraction of sp³-hybridized carbons (Fsp3) is 0.148. The summed E-state index contributed by atoms with van der Waals surface area (Å²) in [7, 11) is -3.80. The van der Waals surface area contributed by atoms with Gasteiger partial charge in [0.2, 0.25) is 10.0 Å². The predicted octanol–water partition coefficient (Wildman–Crippen LogP) is 6.47. The van der Waals surface area contributed by atoms with E-state index < -0.39 is 10.0 Å². The molecular formula is C27H25ClN2O4S. The average molecular weight is 509 g/mol. The molecule has 0 spiro atoms. The highest BCUT2D eigenvalue weighted by Crippen LogP contribution is 2.24. The molecule has 8 heteroatoms. The Balaban J connectivity index is 1.53. The first kappa shape index (κ1) is 24.7. The van der Waals surface area contributed by atoms with E-state index in [0.717, 1.165) is 17.0 Å². The maximum atomic E-state index is 13.4. The lowest BCUT2D eigenvalue weighted by atomic mass is 10.2. The summed E-state index contributed by atoms with van der Waals surface area (Å²) < 4.78 is 39.6. The Morgan fingerprint density at radius 1 is 0.914 bits per heavy atom. The van der Waals surface area contributed by atoms with Gasteiger partial charge < -0.3 is 9.15 Å². The molecule has 6 nitrogen and oxygen atoms in total. The molecule has 0 fully saturated rings. The zero-order chi connectivity index (χ0) is 24.7. The van der Waals surface area contributed by atoms with Gasteiger partial charge in [-0.25, -0.2) is 8.42 Å². The third-order valence-electron chi connectivity index (χ3n) is 5.16. The molecule has 4 aromatic rings. The van der Waals surface area contributed by atoms with Gasteiger partial charge in [0.05, 0.1) is 29.9 Å². The molecule has 0 aliphatic rings. The molecule has 0 unspecified atom stereocenters. The van der Waals surface area contributed by atoms with Crippen molar-refractivity contribution in [3.63, 3.8) is 0 Å². The molecule has 35 heavy (non-hydrogen) atoms. The second-order valence-electron chi connectivity index (χ2n) is 7.70. The molecule has 0 saturated carbocycles. The molecule has 0 amide bonds. The number of aliphatic imine (C=N–C) groups is 1. The standard InChI is InChI=1S/C27H25ClN2O4S/c1-2-33-24-12-10-23(11-13-24)29-18-25-14-15-26(34-25)20-30(19-21-6-4-3-5-7-21)35(31,32)27-16-8-22(28)9-17-27/h3-18H,2,19-20H2,1H3. The number of hydrogen-bond donors (Lipinski definition) is 0. The fourth-order valence-electron chi connectivity index (χ4n) is 3.42. The van der Waals surface area contributed by atoms with Gasteiger partial charge in [0.15, 0.2) is 0 Å². The van der Waals surface area contributed by atoms with Crippen LogP contribution in [0.2, 0.25) is 5.02 Å². The third kappa shape index (κ3) is 6.60. The van der Waals surface area contributed by atoms with Crippen LogP contribution in [-0.4, -0.2) is 25.5 Å². The fourth-order valence-corrected chi connectivity index (χ4v) is 4.94. The van der Waals surface area contributed by atoms with Gasteiger partial charge in [-0.2, -0.15) is 4.31 Å². The van der Waals surface area contributed by atoms with Crippen molar-refractivity contribution < 1.29 is 17.6 Å². The summed E-state index contributed by atoms with van der Waals surface area (Å²) >= 11 is 5.96. The zero-order valence-corrected chi connectivity index (χ0v) is 20.7. The molecule has 1 aromatic heterocycles. The van der Waals surface area contributed by atoms with Crippen LogP contribution in [0.1, 0.15) is 24.0 Å². The van der Waals surface area contributed by atoms with Crippen molar-refractivity contribution in [1.82, 2.24) is 4.31 Å². The highest BCUT2D eigenvalue weighted by Gasteiger charge is 2.26. The van der Waals surface area contributed by atoms with Crippen LogP contribution in [0, 0.1) is 0 Å². The van der Waals surface area contributed by atoms with E-state index in [2.05, 4.69) is 4.99 Å². The van der Waals surface area contributed by atoms with Crippen molar-refractivity contribution >= 4 is 33.5 Å². The van der Waals surface area contributed by atoms with Crippen LogP contribution in [0.4, 0.5) is 5.69 Å². The zero-order valence-electron chi connectivity index (χ0n) is 19.2. The Hall–Kier alpha value is -3.39. The molecule has 1 heterocycles. The highest BCUT2D eigenvalue weighted by molar-refractivity contribution is 7.89. The second kappa shape index (κ2) is 11.4. The van der Waals surface area contributed by atoms with E-state index in [1.54, 1.807) is 30.5 Å². The van der Waals surface area contributed by atoms with E-state index in [4.69, 9.17) is 20.8 Å². The van der Waals surface area contributed by atoms with Gasteiger partial charge in [0.25, 0.3) is 0 Å². The van der Waals surface area contributed by atoms with Crippen LogP contribution in [0.25, 0.3) is 0 Å². The molecule has 0 atom stereocenters. The quantitative estimate of drug-likeness (QED) is 0.230. The maximum Gasteiger partial charge on any atom is 0.243 e. The van der Waals surface area contributed by atoms with Gasteiger partial charge in [-0.15, -0.1) is 0 Å². The number of benzene rings is 3. The Morgan fingerprint density at radius 2 is 1.63 bits per heavy atom. The molecule has 0 aliphatic heterocycles. The second-order valence-corrected chi connectivity index (χ2v) is 10.1. The number of halogens is 1. The van der Waals surface area contributed by atoms with Crippen molar-refractivity contribution in [2.75, 3.05) is 6.61 Å². The number of ether oxygens (including phenoxy) is 1. The minimum Gasteiger partial charge on any atom is -0.494 e. The van der Waals surface area contributed by atoms with Gasteiger partial charge in [0, 0.05) is 11.6 Å². The van der Waals surface area contributed by atoms with Gasteiger partial charge in [-0.1, -0.05) is 41.9 Å². The summed E-state index contributed by atoms with van der Waals surface area (Å²) in [4.78, 5) is 4.59. The summed E-state index contributed by atoms with van der Waals surface area (Å²) in [6.45, 7) is 2.80. The highest BCUT2D eigenvalue weighted by atomic mass is 35.5. The van der Waals surface area contributed by atoms with Crippen molar-refractivity contribution in [2.45, 2.75) is 24.9 Å². The molecule has 0 bridgehead atoms. The number of hydrogen-bond acceptors (Lipinski definition) is 5.